The van der Waals surface area contributed by atoms with Crippen molar-refractivity contribution in [1.82, 2.24) is 15.5 Å². The van der Waals surface area contributed by atoms with Crippen LogP contribution in [0, 0.1) is 0 Å². The highest BCUT2D eigenvalue weighted by Gasteiger charge is 2.15. The predicted octanol–water partition coefficient (Wildman–Crippen LogP) is -0.0467. The fourth-order valence-corrected chi connectivity index (χ4v) is 1.84. The van der Waals surface area contributed by atoms with Gasteiger partial charge in [0, 0.05) is 33.1 Å². The third-order valence-corrected chi connectivity index (χ3v) is 2.73. The molecule has 0 aromatic carbocycles. The van der Waals surface area contributed by atoms with Gasteiger partial charge in [-0.15, -0.1) is 22.6 Å². The second-order valence-electron chi connectivity index (χ2n) is 4.12. The summed E-state index contributed by atoms with van der Waals surface area (Å²) in [7, 11) is 0. The fourth-order valence-electron chi connectivity index (χ4n) is 1.84. The molecular formula is C11H18ClN5O2. The first-order valence-corrected chi connectivity index (χ1v) is 5.88. The van der Waals surface area contributed by atoms with Crippen LogP contribution in [0.25, 0.3) is 0 Å². The second-order valence-corrected chi connectivity index (χ2v) is 4.12. The molecule has 19 heavy (non-hydrogen) atoms. The number of carbonyl (C=O) groups is 1. The van der Waals surface area contributed by atoms with E-state index in [1.54, 1.807) is 0 Å². The molecule has 0 amide bonds. The Balaban J connectivity index is 0.00000180. The number of hydrogen-bond acceptors (Lipinski definition) is 7. The number of nitrogens with two attached hydrogens (primary N) is 1. The summed E-state index contributed by atoms with van der Waals surface area (Å²) >= 11 is 0. The molecule has 8 heteroatoms. The van der Waals surface area contributed by atoms with Crippen LogP contribution in [0.1, 0.15) is 12.6 Å². The Labute approximate surface area is 117 Å². The first-order valence-electron chi connectivity index (χ1n) is 5.88. The van der Waals surface area contributed by atoms with E-state index in [0.29, 0.717) is 11.5 Å². The third kappa shape index (κ3) is 4.22. The Morgan fingerprint density at radius 2 is 2.16 bits per heavy atom. The molecule has 2 rings (SSSR count). The molecule has 7 nitrogen and oxygen atoms in total. The molecular weight excluding hydrogens is 270 g/mol. The van der Waals surface area contributed by atoms with Crippen LogP contribution in [0.5, 0.6) is 0 Å². The average Bonchev–Trinajstić information content (AvgIpc) is 2.38. The molecule has 0 atom stereocenters. The Morgan fingerprint density at radius 3 is 2.79 bits per heavy atom. The van der Waals surface area contributed by atoms with Crippen LogP contribution in [0.2, 0.25) is 0 Å². The molecule has 1 aliphatic heterocycles. The van der Waals surface area contributed by atoms with E-state index < -0.39 is 0 Å². The lowest BCUT2D eigenvalue weighted by Gasteiger charge is -2.29. The zero-order chi connectivity index (χ0) is 13.0. The summed E-state index contributed by atoms with van der Waals surface area (Å²) in [6, 6.07) is 1.83. The molecule has 1 aliphatic rings. The Bertz CT molecular complexity index is 437. The second kappa shape index (κ2) is 7.10. The van der Waals surface area contributed by atoms with E-state index in [9.17, 15) is 4.79 Å². The van der Waals surface area contributed by atoms with Crippen LogP contribution in [-0.4, -0.2) is 42.3 Å². The average molecular weight is 288 g/mol. The summed E-state index contributed by atoms with van der Waals surface area (Å²) in [5, 5.41) is 11.1. The highest BCUT2D eigenvalue weighted by atomic mass is 35.5. The van der Waals surface area contributed by atoms with E-state index in [1.807, 2.05) is 6.07 Å². The summed E-state index contributed by atoms with van der Waals surface area (Å²) < 4.78 is 4.90. The standard InChI is InChI=1S/C11H17N5O2.ClH/c1-8(17)18-7-9-6-10(11(12)15-14-9)16-4-2-13-3-5-16;/h6,13H,2-5,7H2,1H3,(H2,12,15);1H. The van der Waals surface area contributed by atoms with Crippen LogP contribution in [0.15, 0.2) is 6.07 Å². The number of nitrogens with one attached hydrogen (secondary N) is 1. The summed E-state index contributed by atoms with van der Waals surface area (Å²) in [6.07, 6.45) is 0. The number of esters is 1. The van der Waals surface area contributed by atoms with E-state index in [4.69, 9.17) is 10.5 Å². The van der Waals surface area contributed by atoms with Gasteiger partial charge in [-0.1, -0.05) is 0 Å². The smallest absolute Gasteiger partial charge is 0.303 e. The quantitative estimate of drug-likeness (QED) is 0.753. The summed E-state index contributed by atoms with van der Waals surface area (Å²) in [5.74, 6) is 0.0702. The van der Waals surface area contributed by atoms with Gasteiger partial charge in [0.25, 0.3) is 0 Å². The number of aromatic nitrogens is 2. The number of hydrogen-bond donors (Lipinski definition) is 2. The van der Waals surface area contributed by atoms with Crippen molar-refractivity contribution in [3.05, 3.63) is 11.8 Å². The van der Waals surface area contributed by atoms with Crippen LogP contribution < -0.4 is 16.0 Å². The lowest BCUT2D eigenvalue weighted by Crippen LogP contribution is -2.44. The van der Waals surface area contributed by atoms with Crippen LogP contribution in [0.4, 0.5) is 11.5 Å². The Hall–Kier alpha value is -1.60. The van der Waals surface area contributed by atoms with Crippen molar-refractivity contribution in [2.24, 2.45) is 0 Å². The molecule has 3 N–H and O–H groups in total. The minimum atomic E-state index is -0.336. The van der Waals surface area contributed by atoms with E-state index in [0.717, 1.165) is 31.9 Å². The van der Waals surface area contributed by atoms with Crippen molar-refractivity contribution in [1.29, 1.82) is 0 Å². The van der Waals surface area contributed by atoms with Gasteiger partial charge < -0.3 is 20.7 Å². The number of piperazine rings is 1. The van der Waals surface area contributed by atoms with Crippen molar-refractivity contribution in [3.8, 4) is 0 Å². The zero-order valence-electron chi connectivity index (χ0n) is 10.8. The predicted molar refractivity (Wildman–Crippen MR) is 74.2 cm³/mol. The normalized spacial score (nSPS) is 14.7. The SMILES string of the molecule is CC(=O)OCc1cc(N2CCNCC2)c(N)nn1.Cl. The van der Waals surface area contributed by atoms with Crippen molar-refractivity contribution in [2.75, 3.05) is 36.8 Å². The number of ether oxygens (including phenoxy) is 1. The molecule has 0 bridgehead atoms. The van der Waals surface area contributed by atoms with Gasteiger partial charge in [-0.2, -0.15) is 0 Å². The highest BCUT2D eigenvalue weighted by Crippen LogP contribution is 2.21. The van der Waals surface area contributed by atoms with Gasteiger partial charge in [0.1, 0.15) is 12.3 Å². The monoisotopic (exact) mass is 287 g/mol. The van der Waals surface area contributed by atoms with E-state index in [-0.39, 0.29) is 25.0 Å². The third-order valence-electron chi connectivity index (χ3n) is 2.73. The van der Waals surface area contributed by atoms with Gasteiger partial charge >= 0.3 is 5.97 Å². The number of anilines is 2. The number of rotatable bonds is 3. The van der Waals surface area contributed by atoms with Gasteiger partial charge in [0.15, 0.2) is 5.82 Å². The van der Waals surface area contributed by atoms with Gasteiger partial charge in [-0.25, -0.2) is 0 Å². The molecule has 0 aliphatic carbocycles. The molecule has 0 saturated carbocycles. The lowest BCUT2D eigenvalue weighted by molar-refractivity contribution is -0.142. The maximum absolute atomic E-state index is 10.8. The van der Waals surface area contributed by atoms with Gasteiger partial charge in [0.2, 0.25) is 0 Å². The molecule has 106 valence electrons. The first-order chi connectivity index (χ1) is 8.66. The van der Waals surface area contributed by atoms with Crippen LogP contribution in [-0.2, 0) is 16.1 Å². The van der Waals surface area contributed by atoms with Crippen molar-refractivity contribution in [2.45, 2.75) is 13.5 Å². The van der Waals surface area contributed by atoms with E-state index in [1.165, 1.54) is 6.92 Å². The molecule has 1 saturated heterocycles. The van der Waals surface area contributed by atoms with E-state index in [2.05, 4.69) is 20.4 Å². The van der Waals surface area contributed by atoms with Gasteiger partial charge in [0.05, 0.1) is 5.69 Å². The minimum absolute atomic E-state index is 0. The maximum atomic E-state index is 10.8. The maximum Gasteiger partial charge on any atom is 0.303 e. The van der Waals surface area contributed by atoms with Gasteiger partial charge in [-0.3, -0.25) is 4.79 Å². The van der Waals surface area contributed by atoms with Crippen LogP contribution in [0.3, 0.4) is 0 Å². The molecule has 1 fully saturated rings. The van der Waals surface area contributed by atoms with Crippen molar-refractivity contribution < 1.29 is 9.53 Å². The zero-order valence-corrected chi connectivity index (χ0v) is 11.6. The molecule has 0 spiro atoms. The minimum Gasteiger partial charge on any atom is -0.459 e. The van der Waals surface area contributed by atoms with E-state index >= 15 is 0 Å². The van der Waals surface area contributed by atoms with Crippen molar-refractivity contribution >= 4 is 29.9 Å². The summed E-state index contributed by atoms with van der Waals surface area (Å²) in [5.41, 5.74) is 7.29. The van der Waals surface area contributed by atoms with Crippen LogP contribution >= 0.6 is 12.4 Å². The Morgan fingerprint density at radius 1 is 1.47 bits per heavy atom. The summed E-state index contributed by atoms with van der Waals surface area (Å²) in [6.45, 7) is 5.08. The molecule has 2 heterocycles. The number of nitrogens with zero attached hydrogens (tertiary/aromatic N) is 3. The fraction of sp³-hybridized carbons (Fsp3) is 0.545. The Kier molecular flexibility index (Phi) is 5.78. The molecule has 0 radical (unpaired) electrons. The first kappa shape index (κ1) is 15.5. The molecule has 1 aromatic heterocycles. The topological polar surface area (TPSA) is 93.4 Å². The number of halogens is 1. The lowest BCUT2D eigenvalue weighted by atomic mass is 10.2. The molecule has 0 unspecified atom stereocenters. The molecule has 1 aromatic rings. The largest absolute Gasteiger partial charge is 0.459 e. The van der Waals surface area contributed by atoms with Gasteiger partial charge in [-0.05, 0) is 6.07 Å². The van der Waals surface area contributed by atoms with Crippen molar-refractivity contribution in [3.63, 3.8) is 0 Å². The number of carbonyl (C=O) groups excluding carboxylic acids is 1. The highest BCUT2D eigenvalue weighted by molar-refractivity contribution is 5.85. The number of nitrogen functional groups attached to an aromatic ring is 1. The summed E-state index contributed by atoms with van der Waals surface area (Å²) in [4.78, 5) is 12.9.